The first kappa shape index (κ1) is 13.9. The lowest BCUT2D eigenvalue weighted by atomic mass is 10.0. The monoisotopic (exact) mass is 200 g/mol. The minimum Gasteiger partial charge on any atom is -0.315 e. The summed E-state index contributed by atoms with van der Waals surface area (Å²) < 4.78 is 0. The molecule has 2 nitrogen and oxygen atoms in total. The number of rotatable bonds is 4. The van der Waals surface area contributed by atoms with Crippen LogP contribution < -0.4 is 5.32 Å². The zero-order valence-corrected chi connectivity index (χ0v) is 10.6. The quantitative estimate of drug-likeness (QED) is 0.749. The van der Waals surface area contributed by atoms with Crippen LogP contribution in [-0.2, 0) is 0 Å². The van der Waals surface area contributed by atoms with Gasteiger partial charge in [-0.3, -0.25) is 0 Å². The molecule has 0 aromatic heterocycles. The highest BCUT2D eigenvalue weighted by molar-refractivity contribution is 4.76. The highest BCUT2D eigenvalue weighted by Crippen LogP contribution is 2.10. The number of hydrogen-bond acceptors (Lipinski definition) is 2. The van der Waals surface area contributed by atoms with Crippen molar-refractivity contribution in [3.63, 3.8) is 0 Å². The van der Waals surface area contributed by atoms with Crippen LogP contribution in [0.4, 0.5) is 0 Å². The molecule has 86 valence electrons. The minimum atomic E-state index is 0.670. The fraction of sp³-hybridized carbons (Fsp3) is 1.00. The SMILES string of the molecule is CC.CNC(CN1CCCC1)C(C)C. The molecule has 2 heteroatoms. The molecule has 0 spiro atoms. The molecular weight excluding hydrogens is 172 g/mol. The largest absolute Gasteiger partial charge is 0.315 e. The van der Waals surface area contributed by atoms with Crippen molar-refractivity contribution in [2.75, 3.05) is 26.7 Å². The molecule has 1 unspecified atom stereocenters. The van der Waals surface area contributed by atoms with Gasteiger partial charge in [-0.2, -0.15) is 0 Å². The summed E-state index contributed by atoms with van der Waals surface area (Å²) in [6, 6.07) is 0.670. The third-order valence-electron chi connectivity index (χ3n) is 2.83. The average Bonchev–Trinajstić information content (AvgIpc) is 2.69. The van der Waals surface area contributed by atoms with E-state index in [0.29, 0.717) is 6.04 Å². The second-order valence-corrected chi connectivity index (χ2v) is 4.15. The molecule has 1 aliphatic heterocycles. The van der Waals surface area contributed by atoms with Gasteiger partial charge >= 0.3 is 0 Å². The maximum absolute atomic E-state index is 3.39. The molecule has 0 aromatic rings. The molecule has 1 N–H and O–H groups in total. The topological polar surface area (TPSA) is 15.3 Å². The Kier molecular flexibility index (Phi) is 8.20. The summed E-state index contributed by atoms with van der Waals surface area (Å²) in [4.78, 5) is 2.57. The molecule has 1 aliphatic rings. The van der Waals surface area contributed by atoms with Gasteiger partial charge in [-0.1, -0.05) is 27.7 Å². The van der Waals surface area contributed by atoms with Gasteiger partial charge in [0.2, 0.25) is 0 Å². The number of nitrogens with zero attached hydrogens (tertiary/aromatic N) is 1. The summed E-state index contributed by atoms with van der Waals surface area (Å²) in [6.07, 6.45) is 2.79. The highest BCUT2D eigenvalue weighted by atomic mass is 15.2. The zero-order valence-electron chi connectivity index (χ0n) is 10.6. The number of likely N-dealkylation sites (tertiary alicyclic amines) is 1. The molecule has 1 heterocycles. The summed E-state index contributed by atoms with van der Waals surface area (Å²) in [5.41, 5.74) is 0. The minimum absolute atomic E-state index is 0.670. The first-order valence-corrected chi connectivity index (χ1v) is 6.13. The van der Waals surface area contributed by atoms with Crippen molar-refractivity contribution in [3.05, 3.63) is 0 Å². The molecule has 14 heavy (non-hydrogen) atoms. The van der Waals surface area contributed by atoms with E-state index in [9.17, 15) is 0 Å². The Morgan fingerprint density at radius 2 is 1.64 bits per heavy atom. The standard InChI is InChI=1S/C10H22N2.C2H6/c1-9(2)10(11-3)8-12-6-4-5-7-12;1-2/h9-11H,4-8H2,1-3H3;1-2H3. The Balaban J connectivity index is 0.000000791. The Hall–Kier alpha value is -0.0800. The Labute approximate surface area is 90.1 Å². The van der Waals surface area contributed by atoms with Crippen LogP contribution in [-0.4, -0.2) is 37.6 Å². The Morgan fingerprint density at radius 1 is 1.14 bits per heavy atom. The van der Waals surface area contributed by atoms with Crippen LogP contribution in [0.3, 0.4) is 0 Å². The zero-order chi connectivity index (χ0) is 11.0. The van der Waals surface area contributed by atoms with Crippen LogP contribution in [0.15, 0.2) is 0 Å². The van der Waals surface area contributed by atoms with E-state index >= 15 is 0 Å². The molecule has 0 amide bonds. The van der Waals surface area contributed by atoms with Crippen LogP contribution in [0.2, 0.25) is 0 Å². The van der Waals surface area contributed by atoms with Crippen molar-refractivity contribution in [3.8, 4) is 0 Å². The number of hydrogen-bond donors (Lipinski definition) is 1. The summed E-state index contributed by atoms with van der Waals surface area (Å²) in [7, 11) is 2.07. The summed E-state index contributed by atoms with van der Waals surface area (Å²) in [6.45, 7) is 12.4. The Morgan fingerprint density at radius 3 is 2.00 bits per heavy atom. The van der Waals surface area contributed by atoms with Crippen molar-refractivity contribution in [1.29, 1.82) is 0 Å². The van der Waals surface area contributed by atoms with E-state index in [1.807, 2.05) is 13.8 Å². The lowest BCUT2D eigenvalue weighted by molar-refractivity contribution is 0.263. The second-order valence-electron chi connectivity index (χ2n) is 4.15. The van der Waals surface area contributed by atoms with Crippen LogP contribution in [0.1, 0.15) is 40.5 Å². The van der Waals surface area contributed by atoms with Crippen molar-refractivity contribution >= 4 is 0 Å². The fourth-order valence-corrected chi connectivity index (χ4v) is 1.88. The molecule has 1 atom stereocenters. The first-order valence-electron chi connectivity index (χ1n) is 6.13. The molecule has 0 saturated carbocycles. The highest BCUT2D eigenvalue weighted by Gasteiger charge is 2.18. The second kappa shape index (κ2) is 8.25. The van der Waals surface area contributed by atoms with Gasteiger partial charge in [0.05, 0.1) is 0 Å². The summed E-state index contributed by atoms with van der Waals surface area (Å²) in [5, 5.41) is 3.39. The summed E-state index contributed by atoms with van der Waals surface area (Å²) in [5.74, 6) is 0.746. The van der Waals surface area contributed by atoms with Gasteiger partial charge in [0, 0.05) is 12.6 Å². The van der Waals surface area contributed by atoms with E-state index in [1.54, 1.807) is 0 Å². The van der Waals surface area contributed by atoms with Crippen LogP contribution in [0, 0.1) is 5.92 Å². The Bertz CT molecular complexity index is 117. The fourth-order valence-electron chi connectivity index (χ4n) is 1.88. The summed E-state index contributed by atoms with van der Waals surface area (Å²) >= 11 is 0. The molecular formula is C12H28N2. The predicted octanol–water partition coefficient (Wildman–Crippen LogP) is 2.35. The number of nitrogens with one attached hydrogen (secondary N) is 1. The lowest BCUT2D eigenvalue weighted by Crippen LogP contribution is -2.41. The molecule has 1 saturated heterocycles. The van der Waals surface area contributed by atoms with E-state index in [4.69, 9.17) is 0 Å². The van der Waals surface area contributed by atoms with Crippen molar-refractivity contribution in [1.82, 2.24) is 10.2 Å². The van der Waals surface area contributed by atoms with Gasteiger partial charge in [0.15, 0.2) is 0 Å². The van der Waals surface area contributed by atoms with Crippen LogP contribution in [0.5, 0.6) is 0 Å². The molecule has 0 aromatic carbocycles. The molecule has 1 rings (SSSR count). The molecule has 0 aliphatic carbocycles. The van der Waals surface area contributed by atoms with Gasteiger partial charge in [0.1, 0.15) is 0 Å². The van der Waals surface area contributed by atoms with Crippen molar-refractivity contribution < 1.29 is 0 Å². The van der Waals surface area contributed by atoms with E-state index in [0.717, 1.165) is 5.92 Å². The van der Waals surface area contributed by atoms with E-state index in [2.05, 4.69) is 31.1 Å². The maximum Gasteiger partial charge on any atom is 0.0214 e. The first-order chi connectivity index (χ1) is 6.74. The maximum atomic E-state index is 3.39. The lowest BCUT2D eigenvalue weighted by Gasteiger charge is -2.25. The van der Waals surface area contributed by atoms with E-state index in [-0.39, 0.29) is 0 Å². The van der Waals surface area contributed by atoms with E-state index < -0.39 is 0 Å². The molecule has 1 fully saturated rings. The molecule has 0 bridgehead atoms. The normalized spacial score (nSPS) is 19.3. The van der Waals surface area contributed by atoms with Crippen LogP contribution in [0.25, 0.3) is 0 Å². The van der Waals surface area contributed by atoms with Gasteiger partial charge in [-0.15, -0.1) is 0 Å². The third-order valence-corrected chi connectivity index (χ3v) is 2.83. The van der Waals surface area contributed by atoms with E-state index in [1.165, 1.54) is 32.5 Å². The van der Waals surface area contributed by atoms with Gasteiger partial charge in [0.25, 0.3) is 0 Å². The van der Waals surface area contributed by atoms with Crippen LogP contribution >= 0.6 is 0 Å². The van der Waals surface area contributed by atoms with Gasteiger partial charge in [-0.05, 0) is 38.9 Å². The van der Waals surface area contributed by atoms with Gasteiger partial charge in [-0.25, -0.2) is 0 Å². The third kappa shape index (κ3) is 4.97. The van der Waals surface area contributed by atoms with Gasteiger partial charge < -0.3 is 10.2 Å². The number of likely N-dealkylation sites (N-methyl/N-ethyl adjacent to an activating group) is 1. The smallest absolute Gasteiger partial charge is 0.0214 e. The molecule has 0 radical (unpaired) electrons. The van der Waals surface area contributed by atoms with Crippen molar-refractivity contribution in [2.24, 2.45) is 5.92 Å². The average molecular weight is 200 g/mol. The van der Waals surface area contributed by atoms with Crippen molar-refractivity contribution in [2.45, 2.75) is 46.6 Å². The predicted molar refractivity (Wildman–Crippen MR) is 64.7 cm³/mol.